The molecule has 2 rings (SSSR count). The van der Waals surface area contributed by atoms with E-state index in [0.717, 1.165) is 18.4 Å². The van der Waals surface area contributed by atoms with Crippen molar-refractivity contribution in [2.45, 2.75) is 70.9 Å². The largest absolute Gasteiger partial charge is 0.350 e. The smallest absolute Gasteiger partial charge is 0.246 e. The van der Waals surface area contributed by atoms with Gasteiger partial charge in [0.2, 0.25) is 11.8 Å². The zero-order valence-electron chi connectivity index (χ0n) is 14.4. The molecule has 2 amide bonds. The third-order valence-electron chi connectivity index (χ3n) is 4.77. The molecule has 1 aromatic carbocycles. The van der Waals surface area contributed by atoms with Crippen molar-refractivity contribution in [3.63, 3.8) is 0 Å². The molecule has 1 atom stereocenters. The molecule has 4 heteroatoms. The molecule has 0 bridgehead atoms. The highest BCUT2D eigenvalue weighted by molar-refractivity contribution is 5.91. The molecule has 2 N–H and O–H groups in total. The van der Waals surface area contributed by atoms with Crippen molar-refractivity contribution in [2.24, 2.45) is 0 Å². The molecule has 1 unspecified atom stereocenters. The predicted octanol–water partition coefficient (Wildman–Crippen LogP) is 3.27. The summed E-state index contributed by atoms with van der Waals surface area (Å²) in [6.07, 6.45) is 3.62. The number of rotatable bonds is 5. The van der Waals surface area contributed by atoms with Crippen molar-refractivity contribution in [1.29, 1.82) is 0 Å². The first-order chi connectivity index (χ1) is 11.0. The van der Waals surface area contributed by atoms with Crippen molar-refractivity contribution >= 4 is 11.8 Å². The molecule has 1 fully saturated rings. The van der Waals surface area contributed by atoms with Crippen LogP contribution < -0.4 is 10.6 Å². The SMILES string of the molecule is CCC1(C(=O)NCc2ccc(C(C)C)cc2)CCCCC(=O)N1. The summed E-state index contributed by atoms with van der Waals surface area (Å²) in [5, 5.41) is 5.95. The van der Waals surface area contributed by atoms with E-state index in [2.05, 4.69) is 48.7 Å². The predicted molar refractivity (Wildman–Crippen MR) is 92.0 cm³/mol. The van der Waals surface area contributed by atoms with Crippen LogP contribution in [0, 0.1) is 0 Å². The van der Waals surface area contributed by atoms with Crippen molar-refractivity contribution < 1.29 is 9.59 Å². The topological polar surface area (TPSA) is 58.2 Å². The summed E-state index contributed by atoms with van der Waals surface area (Å²) in [6, 6.07) is 8.32. The number of amides is 2. The molecule has 0 aromatic heterocycles. The molecule has 1 heterocycles. The first-order valence-corrected chi connectivity index (χ1v) is 8.65. The lowest BCUT2D eigenvalue weighted by atomic mass is 9.89. The molecule has 0 saturated carbocycles. The van der Waals surface area contributed by atoms with Gasteiger partial charge in [0.25, 0.3) is 0 Å². The van der Waals surface area contributed by atoms with Gasteiger partial charge in [-0.15, -0.1) is 0 Å². The Labute approximate surface area is 139 Å². The number of carbonyl (C=O) groups excluding carboxylic acids is 2. The Bertz CT molecular complexity index is 551. The molecule has 4 nitrogen and oxygen atoms in total. The molecular weight excluding hydrogens is 288 g/mol. The van der Waals surface area contributed by atoms with Crippen LogP contribution in [-0.2, 0) is 16.1 Å². The van der Waals surface area contributed by atoms with Gasteiger partial charge in [-0.3, -0.25) is 9.59 Å². The van der Waals surface area contributed by atoms with E-state index in [-0.39, 0.29) is 11.8 Å². The highest BCUT2D eigenvalue weighted by Crippen LogP contribution is 2.23. The summed E-state index contributed by atoms with van der Waals surface area (Å²) < 4.78 is 0. The van der Waals surface area contributed by atoms with Crippen LogP contribution in [0.3, 0.4) is 0 Å². The fourth-order valence-corrected chi connectivity index (χ4v) is 3.07. The number of carbonyl (C=O) groups is 2. The standard InChI is InChI=1S/C19H28N2O2/c1-4-19(12-6-5-7-17(22)21-19)18(23)20-13-15-8-10-16(11-9-15)14(2)3/h8-11,14H,4-7,12-13H2,1-3H3,(H,20,23)(H,21,22). The van der Waals surface area contributed by atoms with Crippen molar-refractivity contribution in [1.82, 2.24) is 10.6 Å². The minimum absolute atomic E-state index is 0.0132. The molecule has 0 spiro atoms. The van der Waals surface area contributed by atoms with E-state index in [9.17, 15) is 9.59 Å². The van der Waals surface area contributed by atoms with Gasteiger partial charge in [-0.05, 0) is 36.3 Å². The van der Waals surface area contributed by atoms with Crippen molar-refractivity contribution in [3.8, 4) is 0 Å². The summed E-state index contributed by atoms with van der Waals surface area (Å²) in [5.74, 6) is 0.423. The van der Waals surface area contributed by atoms with Crippen LogP contribution in [-0.4, -0.2) is 17.4 Å². The maximum Gasteiger partial charge on any atom is 0.246 e. The Kier molecular flexibility index (Phi) is 5.80. The molecule has 1 aliphatic rings. The second-order valence-electron chi connectivity index (χ2n) is 6.77. The van der Waals surface area contributed by atoms with Crippen LogP contribution in [0.4, 0.5) is 0 Å². The average Bonchev–Trinajstić information content (AvgIpc) is 2.75. The number of nitrogens with one attached hydrogen (secondary N) is 2. The summed E-state index contributed by atoms with van der Waals surface area (Å²) >= 11 is 0. The third kappa shape index (κ3) is 4.34. The Morgan fingerprint density at radius 2 is 1.96 bits per heavy atom. The summed E-state index contributed by atoms with van der Waals surface area (Å²) in [7, 11) is 0. The lowest BCUT2D eigenvalue weighted by Gasteiger charge is -2.31. The van der Waals surface area contributed by atoms with E-state index in [0.29, 0.717) is 31.7 Å². The lowest BCUT2D eigenvalue weighted by Crippen LogP contribution is -2.57. The van der Waals surface area contributed by atoms with Gasteiger partial charge in [0.15, 0.2) is 0 Å². The number of hydrogen-bond donors (Lipinski definition) is 2. The minimum atomic E-state index is -0.745. The van der Waals surface area contributed by atoms with Crippen LogP contribution in [0.2, 0.25) is 0 Å². The molecular formula is C19H28N2O2. The Balaban J connectivity index is 2.00. The summed E-state index contributed by atoms with van der Waals surface area (Å²) in [5.41, 5.74) is 1.63. The summed E-state index contributed by atoms with van der Waals surface area (Å²) in [6.45, 7) is 6.78. The first kappa shape index (κ1) is 17.5. The second kappa shape index (κ2) is 7.62. The van der Waals surface area contributed by atoms with Crippen LogP contribution >= 0.6 is 0 Å². The third-order valence-corrected chi connectivity index (χ3v) is 4.77. The van der Waals surface area contributed by atoms with E-state index >= 15 is 0 Å². The van der Waals surface area contributed by atoms with E-state index in [1.54, 1.807) is 0 Å². The van der Waals surface area contributed by atoms with Crippen LogP contribution in [0.5, 0.6) is 0 Å². The Morgan fingerprint density at radius 3 is 2.57 bits per heavy atom. The summed E-state index contributed by atoms with van der Waals surface area (Å²) in [4.78, 5) is 24.5. The van der Waals surface area contributed by atoms with Gasteiger partial charge in [0, 0.05) is 13.0 Å². The van der Waals surface area contributed by atoms with Crippen LogP contribution in [0.25, 0.3) is 0 Å². The molecule has 1 saturated heterocycles. The normalized spacial score (nSPS) is 21.7. The molecule has 126 valence electrons. The van der Waals surface area contributed by atoms with Gasteiger partial charge in [-0.25, -0.2) is 0 Å². The zero-order valence-corrected chi connectivity index (χ0v) is 14.4. The molecule has 0 aliphatic carbocycles. The van der Waals surface area contributed by atoms with Crippen molar-refractivity contribution in [3.05, 3.63) is 35.4 Å². The first-order valence-electron chi connectivity index (χ1n) is 8.65. The van der Waals surface area contributed by atoms with Gasteiger partial charge >= 0.3 is 0 Å². The van der Waals surface area contributed by atoms with Gasteiger partial charge in [-0.1, -0.05) is 51.5 Å². The van der Waals surface area contributed by atoms with E-state index in [1.165, 1.54) is 5.56 Å². The highest BCUT2D eigenvalue weighted by atomic mass is 16.2. The van der Waals surface area contributed by atoms with E-state index in [1.807, 2.05) is 6.92 Å². The second-order valence-corrected chi connectivity index (χ2v) is 6.77. The monoisotopic (exact) mass is 316 g/mol. The maximum absolute atomic E-state index is 12.7. The Morgan fingerprint density at radius 1 is 1.26 bits per heavy atom. The molecule has 23 heavy (non-hydrogen) atoms. The number of hydrogen-bond acceptors (Lipinski definition) is 2. The van der Waals surface area contributed by atoms with Gasteiger partial charge in [0.1, 0.15) is 5.54 Å². The fourth-order valence-electron chi connectivity index (χ4n) is 3.07. The minimum Gasteiger partial charge on any atom is -0.350 e. The molecule has 0 radical (unpaired) electrons. The van der Waals surface area contributed by atoms with Crippen LogP contribution in [0.1, 0.15) is 69.9 Å². The van der Waals surface area contributed by atoms with Crippen molar-refractivity contribution in [2.75, 3.05) is 0 Å². The van der Waals surface area contributed by atoms with Crippen LogP contribution in [0.15, 0.2) is 24.3 Å². The maximum atomic E-state index is 12.7. The average molecular weight is 316 g/mol. The zero-order chi connectivity index (χ0) is 16.9. The quantitative estimate of drug-likeness (QED) is 0.876. The fraction of sp³-hybridized carbons (Fsp3) is 0.579. The van der Waals surface area contributed by atoms with Gasteiger partial charge in [-0.2, -0.15) is 0 Å². The molecule has 1 aromatic rings. The van der Waals surface area contributed by atoms with E-state index < -0.39 is 5.54 Å². The lowest BCUT2D eigenvalue weighted by molar-refractivity contribution is -0.133. The number of benzene rings is 1. The Hall–Kier alpha value is -1.84. The van der Waals surface area contributed by atoms with Gasteiger partial charge < -0.3 is 10.6 Å². The van der Waals surface area contributed by atoms with E-state index in [4.69, 9.17) is 0 Å². The highest BCUT2D eigenvalue weighted by Gasteiger charge is 2.38. The van der Waals surface area contributed by atoms with Gasteiger partial charge in [0.05, 0.1) is 0 Å². The molecule has 1 aliphatic heterocycles.